The zero-order valence-corrected chi connectivity index (χ0v) is 10.7. The normalized spacial score (nSPS) is 16.0. The van der Waals surface area contributed by atoms with E-state index in [4.69, 9.17) is 4.74 Å². The van der Waals surface area contributed by atoms with Crippen LogP contribution < -0.4 is 10.1 Å². The van der Waals surface area contributed by atoms with Crippen LogP contribution in [0.3, 0.4) is 0 Å². The maximum atomic E-state index is 5.36. The first-order valence-corrected chi connectivity index (χ1v) is 6.39. The van der Waals surface area contributed by atoms with Gasteiger partial charge in [0.2, 0.25) is 0 Å². The van der Waals surface area contributed by atoms with Crippen LogP contribution in [-0.2, 0) is 0 Å². The second-order valence-corrected chi connectivity index (χ2v) is 4.55. The lowest BCUT2D eigenvalue weighted by Crippen LogP contribution is -2.18. The zero-order valence-electron chi connectivity index (χ0n) is 10.7. The van der Waals surface area contributed by atoms with Gasteiger partial charge in [-0.05, 0) is 25.3 Å². The molecular formula is C15H21NO. The smallest absolute Gasteiger partial charge is 0.126 e. The summed E-state index contributed by atoms with van der Waals surface area (Å²) in [5.41, 5.74) is 2.60. The summed E-state index contributed by atoms with van der Waals surface area (Å²) < 4.78 is 5.36. The van der Waals surface area contributed by atoms with Crippen LogP contribution in [0.1, 0.15) is 31.7 Å². The Morgan fingerprint density at radius 3 is 2.82 bits per heavy atom. The summed E-state index contributed by atoms with van der Waals surface area (Å²) in [6.07, 6.45) is 6.00. The number of ether oxygens (including phenoxy) is 1. The lowest BCUT2D eigenvalue weighted by Gasteiger charge is -2.09. The molecule has 1 aliphatic carbocycles. The molecular weight excluding hydrogens is 210 g/mol. The van der Waals surface area contributed by atoms with Gasteiger partial charge >= 0.3 is 0 Å². The van der Waals surface area contributed by atoms with Crippen molar-refractivity contribution in [2.75, 3.05) is 13.7 Å². The molecule has 1 aliphatic rings. The Bertz CT molecular complexity index is 394. The minimum Gasteiger partial charge on any atom is -0.496 e. The standard InChI is InChI=1S/C15H21NO/c1-3-12(11-16-14-8-9-14)10-13-6-4-5-7-15(13)17-2/h4-7,10,14,16H,3,8-9,11H2,1-2H3. The molecule has 2 heteroatoms. The van der Waals surface area contributed by atoms with Crippen LogP contribution in [0, 0.1) is 0 Å². The summed E-state index contributed by atoms with van der Waals surface area (Å²) in [5.74, 6) is 0.949. The van der Waals surface area contributed by atoms with Crippen molar-refractivity contribution in [2.24, 2.45) is 0 Å². The molecule has 1 saturated carbocycles. The molecule has 0 unspecified atom stereocenters. The lowest BCUT2D eigenvalue weighted by atomic mass is 10.1. The van der Waals surface area contributed by atoms with Crippen LogP contribution in [-0.4, -0.2) is 19.7 Å². The van der Waals surface area contributed by atoms with Gasteiger partial charge in [0, 0.05) is 18.2 Å². The first-order chi connectivity index (χ1) is 8.33. The molecule has 2 rings (SSSR count). The average Bonchev–Trinajstić information content (AvgIpc) is 3.19. The Labute approximate surface area is 104 Å². The van der Waals surface area contributed by atoms with Gasteiger partial charge in [-0.1, -0.05) is 36.8 Å². The van der Waals surface area contributed by atoms with Gasteiger partial charge in [0.05, 0.1) is 7.11 Å². The average molecular weight is 231 g/mol. The van der Waals surface area contributed by atoms with E-state index in [1.54, 1.807) is 7.11 Å². The number of hydrogen-bond acceptors (Lipinski definition) is 2. The van der Waals surface area contributed by atoms with Crippen LogP contribution in [0.2, 0.25) is 0 Å². The number of nitrogens with one attached hydrogen (secondary N) is 1. The summed E-state index contributed by atoms with van der Waals surface area (Å²) in [4.78, 5) is 0. The molecule has 1 fully saturated rings. The summed E-state index contributed by atoms with van der Waals surface area (Å²) in [6, 6.07) is 8.93. The van der Waals surface area contributed by atoms with E-state index < -0.39 is 0 Å². The molecule has 17 heavy (non-hydrogen) atoms. The topological polar surface area (TPSA) is 21.3 Å². The minimum absolute atomic E-state index is 0.766. The third kappa shape index (κ3) is 3.60. The van der Waals surface area contributed by atoms with Gasteiger partial charge in [0.1, 0.15) is 5.75 Å². The van der Waals surface area contributed by atoms with Crippen molar-refractivity contribution in [1.82, 2.24) is 5.32 Å². The van der Waals surface area contributed by atoms with E-state index in [2.05, 4.69) is 30.4 Å². The number of methoxy groups -OCH3 is 1. The Balaban J connectivity index is 2.07. The number of para-hydroxylation sites is 1. The van der Waals surface area contributed by atoms with Gasteiger partial charge < -0.3 is 10.1 Å². The second kappa shape index (κ2) is 5.87. The molecule has 0 aliphatic heterocycles. The maximum absolute atomic E-state index is 5.36. The molecule has 2 nitrogen and oxygen atoms in total. The fourth-order valence-corrected chi connectivity index (χ4v) is 1.85. The first-order valence-electron chi connectivity index (χ1n) is 6.39. The predicted octanol–water partition coefficient (Wildman–Crippen LogP) is 3.24. The van der Waals surface area contributed by atoms with Gasteiger partial charge in [0.15, 0.2) is 0 Å². The minimum atomic E-state index is 0.766. The van der Waals surface area contributed by atoms with Gasteiger partial charge in [-0.25, -0.2) is 0 Å². The monoisotopic (exact) mass is 231 g/mol. The summed E-state index contributed by atoms with van der Waals surface area (Å²) in [7, 11) is 1.72. The molecule has 92 valence electrons. The van der Waals surface area contributed by atoms with E-state index in [0.29, 0.717) is 0 Å². The number of hydrogen-bond donors (Lipinski definition) is 1. The van der Waals surface area contributed by atoms with E-state index in [1.807, 2.05) is 12.1 Å². The molecule has 0 spiro atoms. The highest BCUT2D eigenvalue weighted by Gasteiger charge is 2.20. The Morgan fingerprint density at radius 2 is 2.18 bits per heavy atom. The van der Waals surface area contributed by atoms with E-state index in [-0.39, 0.29) is 0 Å². The molecule has 0 radical (unpaired) electrons. The highest BCUT2D eigenvalue weighted by Crippen LogP contribution is 2.22. The van der Waals surface area contributed by atoms with Crippen LogP contribution >= 0.6 is 0 Å². The van der Waals surface area contributed by atoms with Gasteiger partial charge in [-0.3, -0.25) is 0 Å². The predicted molar refractivity (Wildman–Crippen MR) is 72.3 cm³/mol. The highest BCUT2D eigenvalue weighted by molar-refractivity contribution is 5.59. The fraction of sp³-hybridized carbons (Fsp3) is 0.467. The Kier molecular flexibility index (Phi) is 4.21. The maximum Gasteiger partial charge on any atom is 0.126 e. The fourth-order valence-electron chi connectivity index (χ4n) is 1.85. The van der Waals surface area contributed by atoms with Crippen molar-refractivity contribution in [2.45, 2.75) is 32.2 Å². The highest BCUT2D eigenvalue weighted by atomic mass is 16.5. The summed E-state index contributed by atoms with van der Waals surface area (Å²) in [5, 5.41) is 3.56. The number of benzene rings is 1. The number of rotatable bonds is 6. The van der Waals surface area contributed by atoms with Crippen molar-refractivity contribution in [1.29, 1.82) is 0 Å². The molecule has 1 N–H and O–H groups in total. The van der Waals surface area contributed by atoms with Gasteiger partial charge in [-0.15, -0.1) is 0 Å². The molecule has 1 aromatic carbocycles. The molecule has 1 aromatic rings. The largest absolute Gasteiger partial charge is 0.496 e. The third-order valence-electron chi connectivity index (χ3n) is 3.15. The third-order valence-corrected chi connectivity index (χ3v) is 3.15. The van der Waals surface area contributed by atoms with Crippen LogP contribution in [0.15, 0.2) is 29.8 Å². The van der Waals surface area contributed by atoms with Crippen molar-refractivity contribution in [3.63, 3.8) is 0 Å². The van der Waals surface area contributed by atoms with Crippen LogP contribution in [0.4, 0.5) is 0 Å². The summed E-state index contributed by atoms with van der Waals surface area (Å²) >= 11 is 0. The zero-order chi connectivity index (χ0) is 12.1. The SMILES string of the molecule is CCC(=Cc1ccccc1OC)CNC1CC1. The van der Waals surface area contributed by atoms with Gasteiger partial charge in [0.25, 0.3) is 0 Å². The van der Waals surface area contributed by atoms with E-state index >= 15 is 0 Å². The first kappa shape index (κ1) is 12.2. The Hall–Kier alpha value is -1.28. The molecule has 0 heterocycles. The van der Waals surface area contributed by atoms with E-state index in [1.165, 1.54) is 24.0 Å². The van der Waals surface area contributed by atoms with Crippen molar-refractivity contribution in [3.8, 4) is 5.75 Å². The van der Waals surface area contributed by atoms with E-state index in [9.17, 15) is 0 Å². The lowest BCUT2D eigenvalue weighted by molar-refractivity contribution is 0.414. The summed E-state index contributed by atoms with van der Waals surface area (Å²) in [6.45, 7) is 3.20. The van der Waals surface area contributed by atoms with Crippen molar-refractivity contribution in [3.05, 3.63) is 35.4 Å². The molecule has 0 amide bonds. The van der Waals surface area contributed by atoms with Crippen LogP contribution in [0.25, 0.3) is 6.08 Å². The molecule has 0 aromatic heterocycles. The molecule has 0 bridgehead atoms. The van der Waals surface area contributed by atoms with Crippen molar-refractivity contribution < 1.29 is 4.74 Å². The molecule has 0 saturated heterocycles. The van der Waals surface area contributed by atoms with Gasteiger partial charge in [-0.2, -0.15) is 0 Å². The Morgan fingerprint density at radius 1 is 1.41 bits per heavy atom. The van der Waals surface area contributed by atoms with Crippen LogP contribution in [0.5, 0.6) is 5.75 Å². The molecule has 0 atom stereocenters. The quantitative estimate of drug-likeness (QED) is 0.811. The van der Waals surface area contributed by atoms with Crippen molar-refractivity contribution >= 4 is 6.08 Å². The second-order valence-electron chi connectivity index (χ2n) is 4.55. The van der Waals surface area contributed by atoms with E-state index in [0.717, 1.165) is 24.8 Å².